The monoisotopic (exact) mass is 420 g/mol. The summed E-state index contributed by atoms with van der Waals surface area (Å²) in [5.74, 6) is 1.10. The number of allylic oxidation sites excluding steroid dienone is 2. The zero-order valence-electron chi connectivity index (χ0n) is 17.4. The van der Waals surface area contributed by atoms with Gasteiger partial charge in [0.1, 0.15) is 11.6 Å². The number of morpholine rings is 1. The predicted octanol–water partition coefficient (Wildman–Crippen LogP) is 1.90. The number of aromatic nitrogens is 4. The highest BCUT2D eigenvalue weighted by Crippen LogP contribution is 2.22. The second kappa shape index (κ2) is 10.1. The molecule has 1 fully saturated rings. The van der Waals surface area contributed by atoms with Crippen molar-refractivity contribution in [2.24, 2.45) is 11.5 Å². The van der Waals surface area contributed by atoms with Crippen LogP contribution < -0.4 is 16.8 Å². The molecular weight excluding hydrogens is 392 g/mol. The molecule has 0 radical (unpaired) electrons. The van der Waals surface area contributed by atoms with Gasteiger partial charge in [-0.25, -0.2) is 4.98 Å². The van der Waals surface area contributed by atoms with Crippen molar-refractivity contribution in [2.45, 2.75) is 13.0 Å². The van der Waals surface area contributed by atoms with Gasteiger partial charge in [0, 0.05) is 49.7 Å². The number of nitrogens with zero attached hydrogens (tertiary/aromatic N) is 5. The lowest BCUT2D eigenvalue weighted by Crippen LogP contribution is -2.37. The number of pyridine rings is 2. The fraction of sp³-hybridized carbons (Fsp3) is 0.318. The Kier molecular flexibility index (Phi) is 6.75. The van der Waals surface area contributed by atoms with Crippen LogP contribution in [-0.2, 0) is 11.3 Å². The van der Waals surface area contributed by atoms with Gasteiger partial charge in [-0.05, 0) is 43.0 Å². The number of ether oxygens (including phenoxy) is 1. The number of nitrogens with one attached hydrogen (secondary N) is 1. The molecule has 9 heteroatoms. The number of hydrogen-bond acceptors (Lipinski definition) is 8. The van der Waals surface area contributed by atoms with E-state index < -0.39 is 0 Å². The Bertz CT molecular complexity index is 1070. The van der Waals surface area contributed by atoms with Crippen molar-refractivity contribution in [2.75, 3.05) is 38.2 Å². The Balaban J connectivity index is 1.42. The Morgan fingerprint density at radius 1 is 1.13 bits per heavy atom. The molecule has 5 N–H and O–H groups in total. The number of anilines is 1. The molecule has 0 saturated carbocycles. The van der Waals surface area contributed by atoms with E-state index >= 15 is 0 Å². The molecule has 1 aliphatic rings. The molecule has 0 spiro atoms. The van der Waals surface area contributed by atoms with Crippen LogP contribution in [-0.4, -0.2) is 57.5 Å². The van der Waals surface area contributed by atoms with Gasteiger partial charge in [0.15, 0.2) is 0 Å². The number of rotatable bonds is 8. The van der Waals surface area contributed by atoms with Crippen LogP contribution in [0, 0.1) is 0 Å². The highest BCUT2D eigenvalue weighted by molar-refractivity contribution is 5.81. The first-order valence-electron chi connectivity index (χ1n) is 10.4. The van der Waals surface area contributed by atoms with Crippen LogP contribution in [0.15, 0.2) is 61.0 Å². The van der Waals surface area contributed by atoms with Gasteiger partial charge in [-0.15, -0.1) is 0 Å². The molecular formula is C22H28N8O. The standard InChI is InChI=1S/C22H28N8O/c23-6-1-3-21(24)28-22-5-4-19-20(27-22)13-17(14-25-19)18-15-26-30(16-18)8-2-7-29-9-11-31-12-10-29/h1,3-6,13-16H,2,7-12,23-24H2,(H,27,28)/b6-1-,21-3+. The van der Waals surface area contributed by atoms with Gasteiger partial charge in [0.25, 0.3) is 0 Å². The third-order valence-electron chi connectivity index (χ3n) is 5.13. The van der Waals surface area contributed by atoms with Crippen LogP contribution in [0.5, 0.6) is 0 Å². The predicted molar refractivity (Wildman–Crippen MR) is 122 cm³/mol. The third-order valence-corrected chi connectivity index (χ3v) is 5.13. The molecule has 162 valence electrons. The van der Waals surface area contributed by atoms with Gasteiger partial charge >= 0.3 is 0 Å². The molecule has 31 heavy (non-hydrogen) atoms. The molecule has 4 rings (SSSR count). The quantitative estimate of drug-likeness (QED) is 0.473. The normalized spacial score (nSPS) is 15.7. The van der Waals surface area contributed by atoms with Crippen molar-refractivity contribution in [3.05, 3.63) is 61.0 Å². The van der Waals surface area contributed by atoms with Gasteiger partial charge in [0.2, 0.25) is 0 Å². The number of aryl methyl sites for hydroxylation is 1. The maximum Gasteiger partial charge on any atom is 0.132 e. The first kappa shape index (κ1) is 20.8. The smallest absolute Gasteiger partial charge is 0.132 e. The molecule has 3 aromatic rings. The number of fused-ring (bicyclic) bond motifs is 1. The van der Waals surface area contributed by atoms with Crippen molar-refractivity contribution < 1.29 is 4.74 Å². The molecule has 3 aromatic heterocycles. The van der Waals surface area contributed by atoms with E-state index in [0.717, 1.165) is 68.0 Å². The van der Waals surface area contributed by atoms with Crippen LogP contribution in [0.3, 0.4) is 0 Å². The summed E-state index contributed by atoms with van der Waals surface area (Å²) in [6.45, 7) is 5.64. The van der Waals surface area contributed by atoms with E-state index in [2.05, 4.69) is 31.5 Å². The van der Waals surface area contributed by atoms with Crippen molar-refractivity contribution in [3.63, 3.8) is 0 Å². The highest BCUT2D eigenvalue weighted by Gasteiger charge is 2.10. The average molecular weight is 421 g/mol. The summed E-state index contributed by atoms with van der Waals surface area (Å²) in [4.78, 5) is 11.6. The van der Waals surface area contributed by atoms with Gasteiger partial charge in [0.05, 0.1) is 30.4 Å². The second-order valence-corrected chi connectivity index (χ2v) is 7.39. The molecule has 1 aliphatic heterocycles. The molecule has 4 heterocycles. The van der Waals surface area contributed by atoms with Crippen LogP contribution in [0.25, 0.3) is 22.2 Å². The Labute approximate surface area is 181 Å². The van der Waals surface area contributed by atoms with E-state index in [1.807, 2.05) is 35.3 Å². The second-order valence-electron chi connectivity index (χ2n) is 7.39. The summed E-state index contributed by atoms with van der Waals surface area (Å²) in [5.41, 5.74) is 14.8. The molecule has 0 aliphatic carbocycles. The molecule has 0 amide bonds. The lowest BCUT2D eigenvalue weighted by atomic mass is 10.1. The van der Waals surface area contributed by atoms with Crippen molar-refractivity contribution >= 4 is 16.9 Å². The number of nitrogens with two attached hydrogens (primary N) is 2. The van der Waals surface area contributed by atoms with Gasteiger partial charge in [-0.3, -0.25) is 14.6 Å². The van der Waals surface area contributed by atoms with E-state index in [4.69, 9.17) is 16.2 Å². The van der Waals surface area contributed by atoms with Crippen LogP contribution >= 0.6 is 0 Å². The van der Waals surface area contributed by atoms with E-state index in [1.165, 1.54) is 6.20 Å². The summed E-state index contributed by atoms with van der Waals surface area (Å²) < 4.78 is 7.39. The van der Waals surface area contributed by atoms with E-state index in [-0.39, 0.29) is 0 Å². The molecule has 0 unspecified atom stereocenters. The van der Waals surface area contributed by atoms with E-state index in [1.54, 1.807) is 12.2 Å². The maximum absolute atomic E-state index is 5.91. The Hall–Kier alpha value is -3.43. The molecule has 1 saturated heterocycles. The fourth-order valence-electron chi connectivity index (χ4n) is 3.50. The average Bonchev–Trinajstić information content (AvgIpc) is 3.27. The summed E-state index contributed by atoms with van der Waals surface area (Å²) >= 11 is 0. The van der Waals surface area contributed by atoms with Crippen molar-refractivity contribution in [1.29, 1.82) is 0 Å². The summed E-state index contributed by atoms with van der Waals surface area (Å²) in [6.07, 6.45) is 11.6. The van der Waals surface area contributed by atoms with Crippen molar-refractivity contribution in [3.8, 4) is 11.1 Å². The first-order chi connectivity index (χ1) is 15.2. The van der Waals surface area contributed by atoms with E-state index in [0.29, 0.717) is 11.6 Å². The maximum atomic E-state index is 5.91. The van der Waals surface area contributed by atoms with Gasteiger partial charge in [-0.1, -0.05) is 0 Å². The molecule has 0 aromatic carbocycles. The Morgan fingerprint density at radius 3 is 2.84 bits per heavy atom. The zero-order valence-corrected chi connectivity index (χ0v) is 17.4. The molecule has 0 atom stereocenters. The largest absolute Gasteiger partial charge is 0.405 e. The minimum Gasteiger partial charge on any atom is -0.405 e. The minimum atomic E-state index is 0.455. The van der Waals surface area contributed by atoms with E-state index in [9.17, 15) is 0 Å². The topological polar surface area (TPSA) is 120 Å². The fourth-order valence-corrected chi connectivity index (χ4v) is 3.50. The van der Waals surface area contributed by atoms with Crippen LogP contribution in [0.2, 0.25) is 0 Å². The third kappa shape index (κ3) is 5.59. The van der Waals surface area contributed by atoms with Gasteiger partial charge in [-0.2, -0.15) is 5.10 Å². The SMILES string of the molecule is N/C=C\C=C(/N)Nc1ccc2ncc(-c3cnn(CCCN4CCOCC4)c3)cc2n1. The number of hydrogen-bond donors (Lipinski definition) is 3. The zero-order chi connectivity index (χ0) is 21.5. The van der Waals surface area contributed by atoms with Crippen molar-refractivity contribution in [1.82, 2.24) is 24.6 Å². The van der Waals surface area contributed by atoms with Gasteiger partial charge < -0.3 is 21.5 Å². The first-order valence-corrected chi connectivity index (χ1v) is 10.4. The summed E-state index contributed by atoms with van der Waals surface area (Å²) in [7, 11) is 0. The molecule has 0 bridgehead atoms. The lowest BCUT2D eigenvalue weighted by Gasteiger charge is -2.26. The highest BCUT2D eigenvalue weighted by atomic mass is 16.5. The Morgan fingerprint density at radius 2 is 2.00 bits per heavy atom. The van der Waals surface area contributed by atoms with Crippen LogP contribution in [0.4, 0.5) is 5.82 Å². The summed E-state index contributed by atoms with van der Waals surface area (Å²) in [5, 5.41) is 7.56. The van der Waals surface area contributed by atoms with Crippen LogP contribution in [0.1, 0.15) is 6.42 Å². The lowest BCUT2D eigenvalue weighted by molar-refractivity contribution is 0.0368. The summed E-state index contributed by atoms with van der Waals surface area (Å²) in [6, 6.07) is 5.77. The minimum absolute atomic E-state index is 0.455. The molecule has 9 nitrogen and oxygen atoms in total.